The summed E-state index contributed by atoms with van der Waals surface area (Å²) in [5.74, 6) is 1.95. The van der Waals surface area contributed by atoms with Crippen LogP contribution in [0.5, 0.6) is 0 Å². The van der Waals surface area contributed by atoms with Crippen molar-refractivity contribution in [1.82, 2.24) is 9.97 Å². The smallest absolute Gasteiger partial charge is 0.162 e. The zero-order chi connectivity index (χ0) is 13.8. The molecule has 0 amide bonds. The van der Waals surface area contributed by atoms with E-state index in [4.69, 9.17) is 9.97 Å². The Bertz CT molecular complexity index is 563. The van der Waals surface area contributed by atoms with Crippen molar-refractivity contribution in [2.75, 3.05) is 11.9 Å². The lowest BCUT2D eigenvalue weighted by atomic mass is 10.1. The zero-order valence-electron chi connectivity index (χ0n) is 12.0. The van der Waals surface area contributed by atoms with Gasteiger partial charge in [0.2, 0.25) is 0 Å². The van der Waals surface area contributed by atoms with Crippen molar-refractivity contribution < 1.29 is 0 Å². The van der Waals surface area contributed by atoms with Gasteiger partial charge < -0.3 is 5.32 Å². The van der Waals surface area contributed by atoms with Crippen LogP contribution in [-0.2, 0) is 12.8 Å². The third-order valence-electron chi connectivity index (χ3n) is 3.75. The van der Waals surface area contributed by atoms with Crippen molar-refractivity contribution in [1.29, 1.82) is 0 Å². The first-order valence-corrected chi connectivity index (χ1v) is 8.49. The monoisotopic (exact) mass is 287 g/mol. The predicted octanol–water partition coefficient (Wildman–Crippen LogP) is 4.30. The Morgan fingerprint density at radius 2 is 2.10 bits per heavy atom. The summed E-state index contributed by atoms with van der Waals surface area (Å²) in [4.78, 5) is 9.63. The molecule has 2 aromatic heterocycles. The Morgan fingerprint density at radius 3 is 2.90 bits per heavy atom. The molecule has 1 N–H and O–H groups in total. The first-order valence-electron chi connectivity index (χ1n) is 7.54. The summed E-state index contributed by atoms with van der Waals surface area (Å²) in [6.45, 7) is 3.17. The Kier molecular flexibility index (Phi) is 4.31. The molecule has 0 aliphatic heterocycles. The van der Waals surface area contributed by atoms with Gasteiger partial charge in [0.05, 0.1) is 0 Å². The number of anilines is 1. The van der Waals surface area contributed by atoms with E-state index in [1.165, 1.54) is 30.5 Å². The third kappa shape index (κ3) is 2.85. The Balaban J connectivity index is 2.03. The highest BCUT2D eigenvalue weighted by atomic mass is 32.1. The maximum atomic E-state index is 4.84. The summed E-state index contributed by atoms with van der Waals surface area (Å²) in [6.07, 6.45) is 7.14. The Hall–Kier alpha value is -1.42. The molecule has 4 heteroatoms. The van der Waals surface area contributed by atoms with Crippen LogP contribution >= 0.6 is 11.3 Å². The zero-order valence-corrected chi connectivity index (χ0v) is 12.8. The lowest BCUT2D eigenvalue weighted by Gasteiger charge is -2.14. The van der Waals surface area contributed by atoms with Crippen molar-refractivity contribution in [3.05, 3.63) is 28.1 Å². The standard InChI is InChI=1S/C16H21N3S/c1-2-9-17-16-13-6-4-3-5-7-14(13)18-15(19-16)12-8-10-20-11-12/h8,10-11H,2-7,9H2,1H3,(H,17,18,19). The molecule has 0 spiro atoms. The molecule has 0 saturated carbocycles. The van der Waals surface area contributed by atoms with Crippen LogP contribution in [0.2, 0.25) is 0 Å². The average molecular weight is 287 g/mol. The minimum atomic E-state index is 0.880. The second-order valence-electron chi connectivity index (χ2n) is 5.32. The first-order chi connectivity index (χ1) is 9.88. The van der Waals surface area contributed by atoms with Crippen LogP contribution in [0.1, 0.15) is 43.9 Å². The molecule has 3 rings (SSSR count). The minimum Gasteiger partial charge on any atom is -0.370 e. The van der Waals surface area contributed by atoms with E-state index in [9.17, 15) is 0 Å². The second kappa shape index (κ2) is 6.35. The van der Waals surface area contributed by atoms with Gasteiger partial charge in [-0.05, 0) is 43.6 Å². The molecule has 0 atom stereocenters. The SMILES string of the molecule is CCCNc1nc(-c2ccsc2)nc2c1CCCCC2. The number of rotatable bonds is 4. The van der Waals surface area contributed by atoms with Crippen LogP contribution in [0, 0.1) is 0 Å². The highest BCUT2D eigenvalue weighted by Gasteiger charge is 2.17. The van der Waals surface area contributed by atoms with Crippen LogP contribution in [0.3, 0.4) is 0 Å². The molecule has 1 aliphatic rings. The average Bonchev–Trinajstić information content (AvgIpc) is 2.90. The van der Waals surface area contributed by atoms with Crippen molar-refractivity contribution >= 4 is 17.2 Å². The second-order valence-corrected chi connectivity index (χ2v) is 6.10. The summed E-state index contributed by atoms with van der Waals surface area (Å²) in [5.41, 5.74) is 3.76. The Labute approximate surface area is 124 Å². The van der Waals surface area contributed by atoms with Crippen molar-refractivity contribution in [2.45, 2.75) is 45.4 Å². The van der Waals surface area contributed by atoms with Crippen LogP contribution in [0.25, 0.3) is 11.4 Å². The molecule has 0 unspecified atom stereocenters. The van der Waals surface area contributed by atoms with E-state index in [2.05, 4.69) is 29.1 Å². The number of fused-ring (bicyclic) bond motifs is 1. The maximum Gasteiger partial charge on any atom is 0.162 e. The number of aryl methyl sites for hydroxylation is 1. The van der Waals surface area contributed by atoms with Gasteiger partial charge in [0.15, 0.2) is 5.82 Å². The van der Waals surface area contributed by atoms with Gasteiger partial charge >= 0.3 is 0 Å². The van der Waals surface area contributed by atoms with Crippen molar-refractivity contribution in [3.63, 3.8) is 0 Å². The van der Waals surface area contributed by atoms with E-state index in [1.807, 2.05) is 0 Å². The molecule has 106 valence electrons. The van der Waals surface area contributed by atoms with Gasteiger partial charge in [0, 0.05) is 28.7 Å². The number of hydrogen-bond donors (Lipinski definition) is 1. The van der Waals surface area contributed by atoms with E-state index in [-0.39, 0.29) is 0 Å². The van der Waals surface area contributed by atoms with Crippen LogP contribution in [-0.4, -0.2) is 16.5 Å². The summed E-state index contributed by atoms with van der Waals surface area (Å²) < 4.78 is 0. The van der Waals surface area contributed by atoms with E-state index < -0.39 is 0 Å². The van der Waals surface area contributed by atoms with Gasteiger partial charge in [0.1, 0.15) is 5.82 Å². The van der Waals surface area contributed by atoms with E-state index in [1.54, 1.807) is 11.3 Å². The van der Waals surface area contributed by atoms with Gasteiger partial charge in [-0.2, -0.15) is 11.3 Å². The minimum absolute atomic E-state index is 0.880. The lowest BCUT2D eigenvalue weighted by Crippen LogP contribution is -2.10. The summed E-state index contributed by atoms with van der Waals surface area (Å²) >= 11 is 1.70. The largest absolute Gasteiger partial charge is 0.370 e. The molecule has 0 saturated heterocycles. The van der Waals surface area contributed by atoms with Gasteiger partial charge in [-0.25, -0.2) is 9.97 Å². The third-order valence-corrected chi connectivity index (χ3v) is 4.44. The molecule has 20 heavy (non-hydrogen) atoms. The number of thiophene rings is 1. The summed E-state index contributed by atoms with van der Waals surface area (Å²) in [6, 6.07) is 2.10. The molecular weight excluding hydrogens is 266 g/mol. The fourth-order valence-electron chi connectivity index (χ4n) is 2.68. The van der Waals surface area contributed by atoms with Gasteiger partial charge in [-0.15, -0.1) is 0 Å². The van der Waals surface area contributed by atoms with E-state index in [0.29, 0.717) is 0 Å². The molecule has 2 heterocycles. The Morgan fingerprint density at radius 1 is 1.20 bits per heavy atom. The maximum absolute atomic E-state index is 4.84. The molecule has 3 nitrogen and oxygen atoms in total. The lowest BCUT2D eigenvalue weighted by molar-refractivity contribution is 0.709. The number of hydrogen-bond acceptors (Lipinski definition) is 4. The molecule has 0 fully saturated rings. The van der Waals surface area contributed by atoms with E-state index in [0.717, 1.165) is 43.0 Å². The molecule has 1 aliphatic carbocycles. The highest BCUT2D eigenvalue weighted by Crippen LogP contribution is 2.28. The van der Waals surface area contributed by atoms with Crippen LogP contribution in [0.15, 0.2) is 16.8 Å². The number of aromatic nitrogens is 2. The molecule has 0 bridgehead atoms. The van der Waals surface area contributed by atoms with Gasteiger partial charge in [-0.1, -0.05) is 13.3 Å². The number of nitrogens with zero attached hydrogens (tertiary/aromatic N) is 2. The number of nitrogens with one attached hydrogen (secondary N) is 1. The fourth-order valence-corrected chi connectivity index (χ4v) is 3.32. The topological polar surface area (TPSA) is 37.8 Å². The quantitative estimate of drug-likeness (QED) is 0.852. The summed E-state index contributed by atoms with van der Waals surface area (Å²) in [7, 11) is 0. The fraction of sp³-hybridized carbons (Fsp3) is 0.500. The normalized spacial score (nSPS) is 14.7. The highest BCUT2D eigenvalue weighted by molar-refractivity contribution is 7.08. The van der Waals surface area contributed by atoms with Crippen molar-refractivity contribution in [2.24, 2.45) is 0 Å². The molecular formula is C16H21N3S. The van der Waals surface area contributed by atoms with Gasteiger partial charge in [-0.3, -0.25) is 0 Å². The predicted molar refractivity (Wildman–Crippen MR) is 85.4 cm³/mol. The van der Waals surface area contributed by atoms with E-state index >= 15 is 0 Å². The van der Waals surface area contributed by atoms with Gasteiger partial charge in [0.25, 0.3) is 0 Å². The molecule has 0 radical (unpaired) electrons. The molecule has 2 aromatic rings. The van der Waals surface area contributed by atoms with Crippen LogP contribution < -0.4 is 5.32 Å². The summed E-state index contributed by atoms with van der Waals surface area (Å²) in [5, 5.41) is 7.72. The molecule has 0 aromatic carbocycles. The van der Waals surface area contributed by atoms with Crippen molar-refractivity contribution in [3.8, 4) is 11.4 Å². The van der Waals surface area contributed by atoms with Crippen LogP contribution in [0.4, 0.5) is 5.82 Å². The first kappa shape index (κ1) is 13.6.